The van der Waals surface area contributed by atoms with Gasteiger partial charge in [-0.25, -0.2) is 0 Å². The minimum Gasteiger partial charge on any atom is -0.330 e. The van der Waals surface area contributed by atoms with Crippen molar-refractivity contribution in [3.05, 3.63) is 35.4 Å². The van der Waals surface area contributed by atoms with Crippen molar-refractivity contribution in [2.45, 2.75) is 39.0 Å². The molecule has 14 heavy (non-hydrogen) atoms. The Labute approximate surface area is 87.3 Å². The van der Waals surface area contributed by atoms with Crippen molar-refractivity contribution in [3.8, 4) is 0 Å². The molecule has 1 rings (SSSR count). The third kappa shape index (κ3) is 3.51. The first-order valence-corrected chi connectivity index (χ1v) is 5.53. The first kappa shape index (κ1) is 11.3. The van der Waals surface area contributed by atoms with Crippen LogP contribution >= 0.6 is 0 Å². The van der Waals surface area contributed by atoms with E-state index in [2.05, 4.69) is 38.1 Å². The molecule has 0 spiro atoms. The zero-order chi connectivity index (χ0) is 10.4. The van der Waals surface area contributed by atoms with Gasteiger partial charge in [0.1, 0.15) is 0 Å². The Morgan fingerprint density at radius 2 is 2.00 bits per heavy atom. The average Bonchev–Trinajstić information content (AvgIpc) is 2.19. The van der Waals surface area contributed by atoms with E-state index in [0.29, 0.717) is 5.92 Å². The summed E-state index contributed by atoms with van der Waals surface area (Å²) in [6, 6.07) is 8.90. The predicted molar refractivity (Wildman–Crippen MR) is 62.5 cm³/mol. The Bertz CT molecular complexity index is 266. The summed E-state index contributed by atoms with van der Waals surface area (Å²) in [5.74, 6) is 0.629. The minimum absolute atomic E-state index is 0.629. The van der Waals surface area contributed by atoms with Crippen LogP contribution < -0.4 is 5.73 Å². The lowest BCUT2D eigenvalue weighted by Gasteiger charge is -2.07. The van der Waals surface area contributed by atoms with Gasteiger partial charge in [-0.15, -0.1) is 0 Å². The van der Waals surface area contributed by atoms with Gasteiger partial charge in [-0.05, 0) is 42.9 Å². The van der Waals surface area contributed by atoms with Crippen molar-refractivity contribution in [3.63, 3.8) is 0 Å². The van der Waals surface area contributed by atoms with Crippen molar-refractivity contribution in [1.29, 1.82) is 0 Å². The lowest BCUT2D eigenvalue weighted by molar-refractivity contribution is 0.742. The van der Waals surface area contributed by atoms with E-state index >= 15 is 0 Å². The van der Waals surface area contributed by atoms with E-state index in [1.807, 2.05) is 0 Å². The molecule has 0 unspecified atom stereocenters. The predicted octanol–water partition coefficient (Wildman–Crippen LogP) is 3.09. The molecule has 0 aliphatic heterocycles. The van der Waals surface area contributed by atoms with Gasteiger partial charge in [0.2, 0.25) is 0 Å². The number of hydrogen-bond acceptors (Lipinski definition) is 1. The smallest absolute Gasteiger partial charge is 0.00772 e. The second kappa shape index (κ2) is 5.82. The van der Waals surface area contributed by atoms with Gasteiger partial charge in [0.15, 0.2) is 0 Å². The molecule has 0 bridgehead atoms. The standard InChI is InChI=1S/C13H21N/c1-11(2)13-8-5-7-12(10-13)6-3-4-9-14/h5,7-8,10-11H,3-4,6,9,14H2,1-2H3. The highest BCUT2D eigenvalue weighted by Crippen LogP contribution is 2.16. The molecule has 0 aliphatic rings. The Morgan fingerprint density at radius 3 is 2.64 bits per heavy atom. The summed E-state index contributed by atoms with van der Waals surface area (Å²) in [5, 5.41) is 0. The van der Waals surface area contributed by atoms with E-state index in [4.69, 9.17) is 5.73 Å². The minimum atomic E-state index is 0.629. The first-order chi connectivity index (χ1) is 6.74. The van der Waals surface area contributed by atoms with Crippen molar-refractivity contribution in [2.75, 3.05) is 6.54 Å². The van der Waals surface area contributed by atoms with Gasteiger partial charge < -0.3 is 5.73 Å². The van der Waals surface area contributed by atoms with Crippen LogP contribution in [0.15, 0.2) is 24.3 Å². The van der Waals surface area contributed by atoms with Gasteiger partial charge in [-0.3, -0.25) is 0 Å². The number of unbranched alkanes of at least 4 members (excludes halogenated alkanes) is 1. The molecule has 0 saturated heterocycles. The van der Waals surface area contributed by atoms with Gasteiger partial charge in [0.05, 0.1) is 0 Å². The number of benzene rings is 1. The number of hydrogen-bond donors (Lipinski definition) is 1. The lowest BCUT2D eigenvalue weighted by Crippen LogP contribution is -1.99. The Balaban J connectivity index is 2.55. The fraction of sp³-hybridized carbons (Fsp3) is 0.538. The highest BCUT2D eigenvalue weighted by Gasteiger charge is 1.99. The van der Waals surface area contributed by atoms with Crippen LogP contribution in [0.3, 0.4) is 0 Å². The van der Waals surface area contributed by atoms with Gasteiger partial charge in [0.25, 0.3) is 0 Å². The third-order valence-corrected chi connectivity index (χ3v) is 2.54. The normalized spacial score (nSPS) is 10.9. The monoisotopic (exact) mass is 191 g/mol. The highest BCUT2D eigenvalue weighted by molar-refractivity contribution is 5.25. The van der Waals surface area contributed by atoms with E-state index in [-0.39, 0.29) is 0 Å². The number of aryl methyl sites for hydroxylation is 1. The summed E-state index contributed by atoms with van der Waals surface area (Å²) < 4.78 is 0. The molecule has 0 heterocycles. The molecule has 0 amide bonds. The van der Waals surface area contributed by atoms with Crippen LogP contribution in [0, 0.1) is 0 Å². The molecule has 1 aromatic rings. The lowest BCUT2D eigenvalue weighted by atomic mass is 9.99. The van der Waals surface area contributed by atoms with Crippen LogP contribution in [0.1, 0.15) is 43.7 Å². The molecular weight excluding hydrogens is 170 g/mol. The summed E-state index contributed by atoms with van der Waals surface area (Å²) in [5.41, 5.74) is 8.36. The average molecular weight is 191 g/mol. The van der Waals surface area contributed by atoms with Crippen molar-refractivity contribution in [2.24, 2.45) is 5.73 Å². The van der Waals surface area contributed by atoms with Gasteiger partial charge in [-0.1, -0.05) is 38.1 Å². The number of rotatable bonds is 5. The molecule has 2 N–H and O–H groups in total. The Hall–Kier alpha value is -0.820. The molecule has 1 nitrogen and oxygen atoms in total. The van der Waals surface area contributed by atoms with Crippen LogP contribution in [0.4, 0.5) is 0 Å². The number of nitrogens with two attached hydrogens (primary N) is 1. The van der Waals surface area contributed by atoms with E-state index < -0.39 is 0 Å². The molecule has 0 aliphatic carbocycles. The Kier molecular flexibility index (Phi) is 4.68. The second-order valence-corrected chi connectivity index (χ2v) is 4.15. The third-order valence-electron chi connectivity index (χ3n) is 2.54. The molecule has 0 saturated carbocycles. The molecule has 0 radical (unpaired) electrons. The summed E-state index contributed by atoms with van der Waals surface area (Å²) >= 11 is 0. The molecule has 1 heteroatoms. The molecule has 0 aromatic heterocycles. The van der Waals surface area contributed by atoms with Crippen LogP contribution in [0.25, 0.3) is 0 Å². The fourth-order valence-electron chi connectivity index (χ4n) is 1.58. The maximum Gasteiger partial charge on any atom is -0.00772 e. The van der Waals surface area contributed by atoms with Gasteiger partial charge in [-0.2, -0.15) is 0 Å². The molecule has 0 fully saturated rings. The van der Waals surface area contributed by atoms with E-state index in [9.17, 15) is 0 Å². The van der Waals surface area contributed by atoms with Crippen molar-refractivity contribution >= 4 is 0 Å². The fourth-order valence-corrected chi connectivity index (χ4v) is 1.58. The molecule has 78 valence electrons. The second-order valence-electron chi connectivity index (χ2n) is 4.15. The van der Waals surface area contributed by atoms with E-state index in [0.717, 1.165) is 19.4 Å². The zero-order valence-corrected chi connectivity index (χ0v) is 9.29. The summed E-state index contributed by atoms with van der Waals surface area (Å²) in [7, 11) is 0. The van der Waals surface area contributed by atoms with Crippen molar-refractivity contribution < 1.29 is 0 Å². The summed E-state index contributed by atoms with van der Waals surface area (Å²) in [4.78, 5) is 0. The Morgan fingerprint density at radius 1 is 1.21 bits per heavy atom. The summed E-state index contributed by atoms with van der Waals surface area (Å²) in [6.07, 6.45) is 3.50. The van der Waals surface area contributed by atoms with Crippen LogP contribution in [0.5, 0.6) is 0 Å². The summed E-state index contributed by atoms with van der Waals surface area (Å²) in [6.45, 7) is 5.28. The van der Waals surface area contributed by atoms with Crippen LogP contribution in [-0.2, 0) is 6.42 Å². The van der Waals surface area contributed by atoms with E-state index in [1.165, 1.54) is 17.5 Å². The van der Waals surface area contributed by atoms with Gasteiger partial charge in [0, 0.05) is 0 Å². The maximum atomic E-state index is 5.47. The molecule has 0 atom stereocenters. The zero-order valence-electron chi connectivity index (χ0n) is 9.29. The largest absolute Gasteiger partial charge is 0.330 e. The van der Waals surface area contributed by atoms with E-state index in [1.54, 1.807) is 0 Å². The quantitative estimate of drug-likeness (QED) is 0.711. The topological polar surface area (TPSA) is 26.0 Å². The SMILES string of the molecule is CC(C)c1cccc(CCCCN)c1. The maximum absolute atomic E-state index is 5.47. The first-order valence-electron chi connectivity index (χ1n) is 5.53. The highest BCUT2D eigenvalue weighted by atomic mass is 14.5. The van der Waals surface area contributed by atoms with Gasteiger partial charge >= 0.3 is 0 Å². The molecule has 1 aromatic carbocycles. The van der Waals surface area contributed by atoms with Crippen LogP contribution in [0.2, 0.25) is 0 Å². The van der Waals surface area contributed by atoms with Crippen LogP contribution in [-0.4, -0.2) is 6.54 Å². The molecular formula is C13H21N. The van der Waals surface area contributed by atoms with Crippen molar-refractivity contribution in [1.82, 2.24) is 0 Å².